The number of aldehydes is 1. The highest BCUT2D eigenvalue weighted by Crippen LogP contribution is 2.12. The summed E-state index contributed by atoms with van der Waals surface area (Å²) in [6.07, 6.45) is -0.0230. The van der Waals surface area contributed by atoms with Crippen LogP contribution in [0.15, 0.2) is 0 Å². The van der Waals surface area contributed by atoms with Gasteiger partial charge >= 0.3 is 5.97 Å². The minimum absolute atomic E-state index is 0.0488. The van der Waals surface area contributed by atoms with E-state index in [9.17, 15) is 19.2 Å². The third-order valence-corrected chi connectivity index (χ3v) is 1.45. The van der Waals surface area contributed by atoms with E-state index < -0.39 is 24.2 Å². The number of hydrogen-bond donors (Lipinski definition) is 0. The van der Waals surface area contributed by atoms with E-state index in [-0.39, 0.29) is 12.8 Å². The van der Waals surface area contributed by atoms with Gasteiger partial charge in [0.15, 0.2) is 0 Å². The zero-order chi connectivity index (χ0) is 9.84. The van der Waals surface area contributed by atoms with Gasteiger partial charge in [-0.15, -0.1) is 5.06 Å². The summed E-state index contributed by atoms with van der Waals surface area (Å²) in [6, 6.07) is 0. The molecule has 0 saturated carbocycles. The highest BCUT2D eigenvalue weighted by atomic mass is 16.7. The third kappa shape index (κ3) is 2.11. The van der Waals surface area contributed by atoms with Crippen LogP contribution in [0, 0.1) is 0 Å². The lowest BCUT2D eigenvalue weighted by molar-refractivity contribution is -0.197. The second-order valence-corrected chi connectivity index (χ2v) is 2.42. The predicted molar refractivity (Wildman–Crippen MR) is 37.9 cm³/mol. The summed E-state index contributed by atoms with van der Waals surface area (Å²) in [4.78, 5) is 46.6. The van der Waals surface area contributed by atoms with Gasteiger partial charge in [0.05, 0.1) is 0 Å². The molecule has 1 aliphatic heterocycles. The Hall–Kier alpha value is -1.72. The van der Waals surface area contributed by atoms with Crippen molar-refractivity contribution >= 4 is 24.1 Å². The van der Waals surface area contributed by atoms with Crippen molar-refractivity contribution in [1.82, 2.24) is 5.06 Å². The maximum absolute atomic E-state index is 10.9. The van der Waals surface area contributed by atoms with Gasteiger partial charge in [0.2, 0.25) is 0 Å². The molecule has 1 heterocycles. The molecule has 70 valence electrons. The fraction of sp³-hybridized carbons (Fsp3) is 0.429. The van der Waals surface area contributed by atoms with Crippen LogP contribution in [0.25, 0.3) is 0 Å². The Morgan fingerprint density at radius 1 is 1.38 bits per heavy atom. The SMILES string of the molecule is O=CCC(=O)ON1C(=O)CCC1=O. The highest BCUT2D eigenvalue weighted by Gasteiger charge is 2.32. The number of nitrogens with zero attached hydrogens (tertiary/aromatic N) is 1. The van der Waals surface area contributed by atoms with Gasteiger partial charge in [-0.3, -0.25) is 9.59 Å². The van der Waals surface area contributed by atoms with Crippen molar-refractivity contribution in [3.05, 3.63) is 0 Å². The fourth-order valence-corrected chi connectivity index (χ4v) is 0.865. The Kier molecular flexibility index (Phi) is 2.73. The standard InChI is InChI=1S/C7H7NO5/c9-4-3-7(12)13-8-5(10)1-2-6(8)11/h4H,1-3H2. The van der Waals surface area contributed by atoms with E-state index in [0.29, 0.717) is 11.3 Å². The van der Waals surface area contributed by atoms with Gasteiger partial charge in [-0.1, -0.05) is 0 Å². The molecule has 0 aromatic carbocycles. The van der Waals surface area contributed by atoms with Crippen LogP contribution in [-0.4, -0.2) is 29.1 Å². The van der Waals surface area contributed by atoms with Gasteiger partial charge in [0.1, 0.15) is 12.7 Å². The largest absolute Gasteiger partial charge is 0.340 e. The Balaban J connectivity index is 2.52. The summed E-state index contributed by atoms with van der Waals surface area (Å²) in [5, 5.41) is 0.409. The van der Waals surface area contributed by atoms with Gasteiger partial charge in [0, 0.05) is 12.8 Å². The number of carbonyl (C=O) groups is 4. The smallest absolute Gasteiger partial charge is 0.330 e. The summed E-state index contributed by atoms with van der Waals surface area (Å²) in [5.41, 5.74) is 0. The molecule has 0 spiro atoms. The Bertz CT molecular complexity index is 256. The molecule has 0 N–H and O–H groups in total. The van der Waals surface area contributed by atoms with Gasteiger partial charge in [-0.25, -0.2) is 4.79 Å². The van der Waals surface area contributed by atoms with Crippen molar-refractivity contribution in [2.24, 2.45) is 0 Å². The van der Waals surface area contributed by atoms with Gasteiger partial charge in [-0.05, 0) is 0 Å². The first-order valence-electron chi connectivity index (χ1n) is 3.65. The zero-order valence-corrected chi connectivity index (χ0v) is 6.69. The number of rotatable bonds is 3. The molecule has 6 heteroatoms. The van der Waals surface area contributed by atoms with E-state index >= 15 is 0 Å². The van der Waals surface area contributed by atoms with Crippen LogP contribution in [0.3, 0.4) is 0 Å². The van der Waals surface area contributed by atoms with Crippen molar-refractivity contribution in [2.75, 3.05) is 0 Å². The minimum atomic E-state index is -0.904. The number of hydrogen-bond acceptors (Lipinski definition) is 5. The van der Waals surface area contributed by atoms with Crippen molar-refractivity contribution < 1.29 is 24.0 Å². The van der Waals surface area contributed by atoms with Crippen LogP contribution >= 0.6 is 0 Å². The quantitative estimate of drug-likeness (QED) is 0.326. The molecule has 0 atom stereocenters. The molecular weight excluding hydrogens is 178 g/mol. The van der Waals surface area contributed by atoms with Crippen LogP contribution in [0.4, 0.5) is 0 Å². The predicted octanol–water partition coefficient (Wildman–Crippen LogP) is -0.817. The van der Waals surface area contributed by atoms with E-state index in [4.69, 9.17) is 0 Å². The van der Waals surface area contributed by atoms with Crippen LogP contribution in [0.1, 0.15) is 19.3 Å². The maximum Gasteiger partial charge on any atom is 0.340 e. The van der Waals surface area contributed by atoms with Gasteiger partial charge < -0.3 is 9.63 Å². The molecule has 1 fully saturated rings. The molecule has 13 heavy (non-hydrogen) atoms. The number of carbonyl (C=O) groups excluding carboxylic acids is 4. The first kappa shape index (κ1) is 9.37. The minimum Gasteiger partial charge on any atom is -0.330 e. The lowest BCUT2D eigenvalue weighted by Gasteiger charge is -2.10. The van der Waals surface area contributed by atoms with E-state index in [1.807, 2.05) is 0 Å². The third-order valence-electron chi connectivity index (χ3n) is 1.45. The summed E-state index contributed by atoms with van der Waals surface area (Å²) < 4.78 is 0. The maximum atomic E-state index is 10.9. The van der Waals surface area contributed by atoms with E-state index in [0.717, 1.165) is 0 Å². The Morgan fingerprint density at radius 2 is 1.92 bits per heavy atom. The second kappa shape index (κ2) is 3.79. The first-order chi connectivity index (χ1) is 6.15. The van der Waals surface area contributed by atoms with Gasteiger partial charge in [-0.2, -0.15) is 0 Å². The summed E-state index contributed by atoms with van der Waals surface area (Å²) in [5.74, 6) is -2.01. The number of amides is 2. The highest BCUT2D eigenvalue weighted by molar-refractivity contribution is 6.01. The molecule has 0 bridgehead atoms. The molecule has 0 unspecified atom stereocenters. The lowest BCUT2D eigenvalue weighted by atomic mass is 10.4. The molecule has 1 saturated heterocycles. The molecular formula is C7H7NO5. The first-order valence-corrected chi connectivity index (χ1v) is 3.65. The second-order valence-electron chi connectivity index (χ2n) is 2.42. The van der Waals surface area contributed by atoms with Crippen molar-refractivity contribution in [1.29, 1.82) is 0 Å². The summed E-state index contributed by atoms with van der Waals surface area (Å²) >= 11 is 0. The topological polar surface area (TPSA) is 80.8 Å². The molecule has 2 amide bonds. The molecule has 1 rings (SSSR count). The average molecular weight is 185 g/mol. The summed E-state index contributed by atoms with van der Waals surface area (Å²) in [6.45, 7) is 0. The van der Waals surface area contributed by atoms with Crippen LogP contribution in [0.2, 0.25) is 0 Å². The molecule has 0 radical (unpaired) electrons. The Morgan fingerprint density at radius 3 is 2.38 bits per heavy atom. The van der Waals surface area contributed by atoms with Crippen molar-refractivity contribution in [3.8, 4) is 0 Å². The van der Waals surface area contributed by atoms with E-state index in [1.54, 1.807) is 0 Å². The van der Waals surface area contributed by atoms with E-state index in [2.05, 4.69) is 4.84 Å². The molecule has 6 nitrogen and oxygen atoms in total. The number of hydroxylamine groups is 2. The fourth-order valence-electron chi connectivity index (χ4n) is 0.865. The zero-order valence-electron chi connectivity index (χ0n) is 6.69. The monoisotopic (exact) mass is 185 g/mol. The van der Waals surface area contributed by atoms with Crippen LogP contribution in [0.5, 0.6) is 0 Å². The van der Waals surface area contributed by atoms with Gasteiger partial charge in [0.25, 0.3) is 11.8 Å². The molecule has 1 aliphatic rings. The Labute approximate surface area is 73.4 Å². The average Bonchev–Trinajstić information content (AvgIpc) is 2.36. The normalized spacial score (nSPS) is 16.2. The van der Waals surface area contributed by atoms with Crippen LogP contribution in [-0.2, 0) is 24.0 Å². The van der Waals surface area contributed by atoms with Crippen molar-refractivity contribution in [3.63, 3.8) is 0 Å². The summed E-state index contributed by atoms with van der Waals surface area (Å²) in [7, 11) is 0. The van der Waals surface area contributed by atoms with Crippen LogP contribution < -0.4 is 0 Å². The molecule has 0 aromatic heterocycles. The molecule has 0 aromatic rings. The van der Waals surface area contributed by atoms with Crippen molar-refractivity contribution in [2.45, 2.75) is 19.3 Å². The van der Waals surface area contributed by atoms with E-state index in [1.165, 1.54) is 0 Å². The lowest BCUT2D eigenvalue weighted by Crippen LogP contribution is -2.32. The molecule has 0 aliphatic carbocycles. The number of imide groups is 1.